The van der Waals surface area contributed by atoms with Crippen molar-refractivity contribution in [3.05, 3.63) is 17.0 Å². The first-order chi connectivity index (χ1) is 11.8. The first kappa shape index (κ1) is 23.8. The molecular weight excluding hydrogens is 507 g/mol. The summed E-state index contributed by atoms with van der Waals surface area (Å²) in [5.74, 6) is 1.37. The Morgan fingerprint density at radius 3 is 2.73 bits per heavy atom. The SMILES string of the molecule is CCS(=O)C1CCCC(NC(=NC)NCc2ccc(S(N)(=O)=O)s2)C1.I. The zero-order valence-corrected chi connectivity index (χ0v) is 19.7. The van der Waals surface area contributed by atoms with Gasteiger partial charge in [0.2, 0.25) is 10.0 Å². The van der Waals surface area contributed by atoms with Crippen molar-refractivity contribution in [1.82, 2.24) is 10.6 Å². The van der Waals surface area contributed by atoms with Crippen molar-refractivity contribution < 1.29 is 12.6 Å². The zero-order valence-electron chi connectivity index (χ0n) is 14.9. The Hall–Kier alpha value is -0.240. The van der Waals surface area contributed by atoms with Crippen molar-refractivity contribution in [2.75, 3.05) is 12.8 Å². The molecule has 1 aromatic rings. The fraction of sp³-hybridized carbons (Fsp3) is 0.667. The second-order valence-corrected chi connectivity index (χ2v) is 11.0. The number of aliphatic imine (C=N–C) groups is 1. The van der Waals surface area contributed by atoms with E-state index in [1.807, 2.05) is 6.92 Å². The Labute approximate surface area is 179 Å². The number of sulfonamides is 1. The Bertz CT molecular complexity index is 736. The van der Waals surface area contributed by atoms with Gasteiger partial charge in [0.15, 0.2) is 5.96 Å². The van der Waals surface area contributed by atoms with Crippen LogP contribution in [-0.4, -0.2) is 42.7 Å². The summed E-state index contributed by atoms with van der Waals surface area (Å²) in [6.07, 6.45) is 4.01. The lowest BCUT2D eigenvalue weighted by Crippen LogP contribution is -2.46. The molecule has 3 atom stereocenters. The molecule has 150 valence electrons. The minimum atomic E-state index is -3.65. The number of nitrogens with zero attached hydrogens (tertiary/aromatic N) is 1. The molecule has 1 aromatic heterocycles. The van der Waals surface area contributed by atoms with Crippen molar-refractivity contribution in [3.63, 3.8) is 0 Å². The molecule has 1 saturated carbocycles. The summed E-state index contributed by atoms with van der Waals surface area (Å²) in [5, 5.41) is 12.0. The first-order valence-corrected chi connectivity index (χ1v) is 12.0. The van der Waals surface area contributed by atoms with Crippen molar-refractivity contribution in [2.24, 2.45) is 10.1 Å². The standard InChI is InChI=1S/C15H26N4O3S3.HI/c1-3-24(20)13-6-4-5-11(9-13)19-15(17-2)18-10-12-7-8-14(23-12)25(16,21)22;/h7-8,11,13H,3-6,9-10H2,1-2H3,(H2,16,21,22)(H2,17,18,19);1H. The van der Waals surface area contributed by atoms with E-state index in [0.29, 0.717) is 18.3 Å². The van der Waals surface area contributed by atoms with Gasteiger partial charge in [0, 0.05) is 39.8 Å². The maximum absolute atomic E-state index is 12.0. The maximum atomic E-state index is 12.0. The maximum Gasteiger partial charge on any atom is 0.247 e. The number of hydrogen-bond acceptors (Lipinski definition) is 5. The van der Waals surface area contributed by atoms with Crippen LogP contribution in [0.1, 0.15) is 37.5 Å². The van der Waals surface area contributed by atoms with Gasteiger partial charge in [-0.2, -0.15) is 0 Å². The predicted octanol–water partition coefficient (Wildman–Crippen LogP) is 1.76. The smallest absolute Gasteiger partial charge is 0.247 e. The third kappa shape index (κ3) is 7.06. The van der Waals surface area contributed by atoms with Gasteiger partial charge >= 0.3 is 0 Å². The van der Waals surface area contributed by atoms with Crippen LogP contribution >= 0.6 is 35.3 Å². The summed E-state index contributed by atoms with van der Waals surface area (Å²) in [6.45, 7) is 2.43. The van der Waals surface area contributed by atoms with Gasteiger partial charge in [-0.3, -0.25) is 9.20 Å². The summed E-state index contributed by atoms with van der Waals surface area (Å²) >= 11 is 1.15. The normalized spacial score (nSPS) is 22.3. The van der Waals surface area contributed by atoms with Crippen LogP contribution in [0.2, 0.25) is 0 Å². The van der Waals surface area contributed by atoms with Crippen LogP contribution in [0.3, 0.4) is 0 Å². The second kappa shape index (κ2) is 10.9. The third-order valence-electron chi connectivity index (χ3n) is 4.19. The second-order valence-electron chi connectivity index (χ2n) is 5.99. The van der Waals surface area contributed by atoms with E-state index in [4.69, 9.17) is 5.14 Å². The van der Waals surface area contributed by atoms with Crippen LogP contribution in [0, 0.1) is 0 Å². The van der Waals surface area contributed by atoms with E-state index in [1.54, 1.807) is 13.1 Å². The van der Waals surface area contributed by atoms with E-state index in [1.165, 1.54) is 6.07 Å². The molecule has 0 aliphatic heterocycles. The lowest BCUT2D eigenvalue weighted by atomic mass is 9.95. The largest absolute Gasteiger partial charge is 0.354 e. The zero-order chi connectivity index (χ0) is 18.4. The van der Waals surface area contributed by atoms with Crippen LogP contribution in [-0.2, 0) is 27.4 Å². The molecule has 4 N–H and O–H groups in total. The molecule has 0 amide bonds. The Balaban J connectivity index is 0.00000338. The van der Waals surface area contributed by atoms with Gasteiger partial charge < -0.3 is 10.6 Å². The molecule has 0 aromatic carbocycles. The molecule has 0 saturated heterocycles. The molecule has 1 aliphatic carbocycles. The average Bonchev–Trinajstić information content (AvgIpc) is 3.07. The fourth-order valence-corrected chi connectivity index (χ4v) is 5.98. The van der Waals surface area contributed by atoms with Crippen LogP contribution in [0.4, 0.5) is 0 Å². The molecule has 1 fully saturated rings. The van der Waals surface area contributed by atoms with E-state index in [-0.39, 0.29) is 39.5 Å². The number of rotatable bonds is 6. The third-order valence-corrected chi connectivity index (χ3v) is 8.46. The van der Waals surface area contributed by atoms with Gasteiger partial charge in [0.1, 0.15) is 4.21 Å². The van der Waals surface area contributed by atoms with Gasteiger partial charge in [-0.15, -0.1) is 35.3 Å². The topological polar surface area (TPSA) is 114 Å². The minimum absolute atomic E-state index is 0. The van der Waals surface area contributed by atoms with Crippen LogP contribution < -0.4 is 15.8 Å². The molecule has 3 unspecified atom stereocenters. The summed E-state index contributed by atoms with van der Waals surface area (Å²) in [6, 6.07) is 3.51. The Kier molecular flexibility index (Phi) is 10.0. The number of nitrogens with two attached hydrogens (primary N) is 1. The van der Waals surface area contributed by atoms with E-state index in [0.717, 1.165) is 41.9 Å². The minimum Gasteiger partial charge on any atom is -0.354 e. The summed E-state index contributed by atoms with van der Waals surface area (Å²) < 4.78 is 34.8. The highest BCUT2D eigenvalue weighted by atomic mass is 127. The molecule has 0 radical (unpaired) electrons. The fourth-order valence-electron chi connectivity index (χ4n) is 2.92. The van der Waals surface area contributed by atoms with Gasteiger partial charge in [-0.25, -0.2) is 13.6 Å². The van der Waals surface area contributed by atoms with Crippen molar-refractivity contribution in [3.8, 4) is 0 Å². The van der Waals surface area contributed by atoms with Gasteiger partial charge in [-0.1, -0.05) is 13.3 Å². The molecule has 0 bridgehead atoms. The predicted molar refractivity (Wildman–Crippen MR) is 119 cm³/mol. The molecule has 2 rings (SSSR count). The van der Waals surface area contributed by atoms with Crippen molar-refractivity contribution in [2.45, 2.75) is 54.7 Å². The Morgan fingerprint density at radius 2 is 2.15 bits per heavy atom. The molecule has 1 heterocycles. The number of thiophene rings is 1. The Morgan fingerprint density at radius 1 is 1.42 bits per heavy atom. The van der Waals surface area contributed by atoms with E-state index >= 15 is 0 Å². The molecule has 1 aliphatic rings. The molecular formula is C15H27IN4O3S3. The first-order valence-electron chi connectivity index (χ1n) is 8.29. The highest BCUT2D eigenvalue weighted by Gasteiger charge is 2.26. The highest BCUT2D eigenvalue weighted by Crippen LogP contribution is 2.23. The quantitative estimate of drug-likeness (QED) is 0.293. The number of primary sulfonamides is 1. The molecule has 7 nitrogen and oxygen atoms in total. The van der Waals surface area contributed by atoms with E-state index in [9.17, 15) is 12.6 Å². The molecule has 26 heavy (non-hydrogen) atoms. The number of hydrogen-bond donors (Lipinski definition) is 3. The molecule has 11 heteroatoms. The number of guanidine groups is 1. The van der Waals surface area contributed by atoms with Crippen molar-refractivity contribution >= 4 is 62.1 Å². The number of halogens is 1. The lowest BCUT2D eigenvalue weighted by molar-refractivity contribution is 0.413. The van der Waals surface area contributed by atoms with Gasteiger partial charge in [-0.05, 0) is 31.4 Å². The van der Waals surface area contributed by atoms with E-state index < -0.39 is 20.8 Å². The summed E-state index contributed by atoms with van der Waals surface area (Å²) in [4.78, 5) is 5.08. The van der Waals surface area contributed by atoms with Gasteiger partial charge in [0.25, 0.3) is 0 Å². The van der Waals surface area contributed by atoms with Crippen molar-refractivity contribution in [1.29, 1.82) is 0 Å². The average molecular weight is 535 g/mol. The van der Waals surface area contributed by atoms with Crippen LogP contribution in [0.25, 0.3) is 0 Å². The monoisotopic (exact) mass is 534 g/mol. The lowest BCUT2D eigenvalue weighted by Gasteiger charge is -2.30. The summed E-state index contributed by atoms with van der Waals surface area (Å²) in [5.41, 5.74) is 0. The number of nitrogens with one attached hydrogen (secondary N) is 2. The van der Waals surface area contributed by atoms with Crippen LogP contribution in [0.5, 0.6) is 0 Å². The van der Waals surface area contributed by atoms with E-state index in [2.05, 4.69) is 15.6 Å². The molecule has 0 spiro atoms. The van der Waals surface area contributed by atoms with Crippen LogP contribution in [0.15, 0.2) is 21.3 Å². The highest BCUT2D eigenvalue weighted by molar-refractivity contribution is 14.0. The van der Waals surface area contributed by atoms with Gasteiger partial charge in [0.05, 0.1) is 6.54 Å². The summed E-state index contributed by atoms with van der Waals surface area (Å²) in [7, 11) is -2.71.